The first-order valence-electron chi connectivity index (χ1n) is 13.1. The highest BCUT2D eigenvalue weighted by Crippen LogP contribution is 2.27. The van der Waals surface area contributed by atoms with Gasteiger partial charge in [-0.1, -0.05) is 60.2 Å². The van der Waals surface area contributed by atoms with Crippen molar-refractivity contribution < 1.29 is 0 Å². The van der Waals surface area contributed by atoms with Crippen molar-refractivity contribution in [2.24, 2.45) is 0 Å². The van der Waals surface area contributed by atoms with Crippen LogP contribution in [0.2, 0.25) is 0 Å². The molecule has 4 nitrogen and oxygen atoms in total. The molecule has 0 aliphatic heterocycles. The van der Waals surface area contributed by atoms with Gasteiger partial charge in [0.25, 0.3) is 0 Å². The maximum atomic E-state index is 4.82. The molecule has 4 aromatic carbocycles. The summed E-state index contributed by atoms with van der Waals surface area (Å²) in [6.45, 7) is 0. The highest BCUT2D eigenvalue weighted by atomic mass is 15.1. The lowest BCUT2D eigenvalue weighted by molar-refractivity contribution is 1.12. The molecule has 40 heavy (non-hydrogen) atoms. The van der Waals surface area contributed by atoms with E-state index in [9.17, 15) is 0 Å². The van der Waals surface area contributed by atoms with Crippen molar-refractivity contribution >= 4 is 11.4 Å². The molecule has 1 heterocycles. The molecular formula is C36H30N4. The van der Waals surface area contributed by atoms with Gasteiger partial charge in [0.1, 0.15) is 0 Å². The summed E-state index contributed by atoms with van der Waals surface area (Å²) in [4.78, 5) is 13.8. The molecule has 0 fully saturated rings. The maximum Gasteiger partial charge on any atom is 0.206 e. The zero-order chi connectivity index (χ0) is 27.9. The molecule has 0 aliphatic carbocycles. The number of benzene rings is 4. The van der Waals surface area contributed by atoms with Crippen molar-refractivity contribution in [1.82, 2.24) is 9.97 Å². The molecule has 0 radical (unpaired) electrons. The third-order valence-corrected chi connectivity index (χ3v) is 6.41. The Kier molecular flexibility index (Phi) is 7.91. The lowest BCUT2D eigenvalue weighted by atomic mass is 10.1. The van der Waals surface area contributed by atoms with Crippen LogP contribution in [0.1, 0.15) is 22.5 Å². The topological polar surface area (TPSA) is 32.3 Å². The Morgan fingerprint density at radius 3 is 1.27 bits per heavy atom. The quantitative estimate of drug-likeness (QED) is 0.247. The van der Waals surface area contributed by atoms with E-state index in [2.05, 4.69) is 82.0 Å². The second-order valence-electron chi connectivity index (χ2n) is 9.79. The van der Waals surface area contributed by atoms with Gasteiger partial charge in [0.15, 0.2) is 0 Å². The Hall–Kier alpha value is -5.32. The van der Waals surface area contributed by atoms with E-state index >= 15 is 0 Å². The predicted octanol–water partition coefficient (Wildman–Crippen LogP) is 6.74. The van der Waals surface area contributed by atoms with E-state index in [1.807, 2.05) is 88.9 Å². The summed E-state index contributed by atoms with van der Waals surface area (Å²) in [5, 5.41) is 0. The number of nitrogens with zero attached hydrogens (tertiary/aromatic N) is 4. The summed E-state index contributed by atoms with van der Waals surface area (Å²) in [6.07, 6.45) is 0. The van der Waals surface area contributed by atoms with Gasteiger partial charge < -0.3 is 9.80 Å². The zero-order valence-electron chi connectivity index (χ0n) is 23.2. The smallest absolute Gasteiger partial charge is 0.206 e. The molecule has 5 rings (SSSR count). The summed E-state index contributed by atoms with van der Waals surface area (Å²) in [5.41, 5.74) is 8.79. The van der Waals surface area contributed by atoms with Crippen molar-refractivity contribution in [1.29, 1.82) is 0 Å². The zero-order valence-corrected chi connectivity index (χ0v) is 23.2. The third kappa shape index (κ3) is 6.57. The predicted molar refractivity (Wildman–Crippen MR) is 166 cm³/mol. The summed E-state index contributed by atoms with van der Waals surface area (Å²) in [6, 6.07) is 36.7. The number of rotatable bonds is 4. The van der Waals surface area contributed by atoms with E-state index < -0.39 is 0 Å². The molecule has 0 saturated heterocycles. The van der Waals surface area contributed by atoms with Gasteiger partial charge in [-0.05, 0) is 72.7 Å². The van der Waals surface area contributed by atoms with Crippen LogP contribution in [0.4, 0.5) is 11.4 Å². The maximum absolute atomic E-state index is 4.82. The van der Waals surface area contributed by atoms with Gasteiger partial charge in [-0.3, -0.25) is 0 Å². The molecule has 0 atom stereocenters. The van der Waals surface area contributed by atoms with Crippen molar-refractivity contribution in [3.05, 3.63) is 132 Å². The van der Waals surface area contributed by atoms with Crippen molar-refractivity contribution in [2.75, 3.05) is 38.0 Å². The van der Waals surface area contributed by atoms with Crippen LogP contribution in [0.3, 0.4) is 0 Å². The van der Waals surface area contributed by atoms with Gasteiger partial charge in [0.05, 0.1) is 11.4 Å². The molecule has 0 spiro atoms. The minimum atomic E-state index is 0.480. The second kappa shape index (κ2) is 12.0. The van der Waals surface area contributed by atoms with Gasteiger partial charge in [-0.15, -0.1) is 0 Å². The lowest BCUT2D eigenvalue weighted by Gasteiger charge is -2.14. The molecule has 1 aromatic heterocycles. The van der Waals surface area contributed by atoms with Crippen LogP contribution in [0.25, 0.3) is 22.5 Å². The van der Waals surface area contributed by atoms with E-state index in [4.69, 9.17) is 9.97 Å². The average molecular weight is 519 g/mol. The van der Waals surface area contributed by atoms with E-state index in [1.54, 1.807) is 0 Å². The average Bonchev–Trinajstić information content (AvgIpc) is 3.00. The third-order valence-electron chi connectivity index (χ3n) is 6.41. The van der Waals surface area contributed by atoms with Crippen molar-refractivity contribution in [2.45, 2.75) is 0 Å². The van der Waals surface area contributed by atoms with E-state index in [0.29, 0.717) is 5.82 Å². The Labute approximate surface area is 237 Å². The van der Waals surface area contributed by atoms with Crippen molar-refractivity contribution in [3.63, 3.8) is 0 Å². The van der Waals surface area contributed by atoms with Crippen LogP contribution < -0.4 is 9.80 Å². The summed E-state index contributed by atoms with van der Waals surface area (Å²) >= 11 is 0. The van der Waals surface area contributed by atoms with Gasteiger partial charge >= 0.3 is 0 Å². The highest BCUT2D eigenvalue weighted by Gasteiger charge is 2.09. The molecule has 5 aromatic rings. The van der Waals surface area contributed by atoms with Gasteiger partial charge in [0.2, 0.25) is 5.82 Å². The normalized spacial score (nSPS) is 10.1. The molecule has 0 saturated carbocycles. The van der Waals surface area contributed by atoms with Crippen molar-refractivity contribution in [3.8, 4) is 46.2 Å². The minimum Gasteiger partial charge on any atom is -0.378 e. The number of hydrogen-bond donors (Lipinski definition) is 0. The second-order valence-corrected chi connectivity index (χ2v) is 9.79. The molecule has 4 heteroatoms. The van der Waals surface area contributed by atoms with Crippen LogP contribution in [-0.2, 0) is 0 Å². The minimum absolute atomic E-state index is 0.480. The Balaban J connectivity index is 1.47. The summed E-state index contributed by atoms with van der Waals surface area (Å²) < 4.78 is 0. The Morgan fingerprint density at radius 2 is 0.850 bits per heavy atom. The molecule has 0 amide bonds. The summed E-state index contributed by atoms with van der Waals surface area (Å²) in [5.74, 6) is 13.3. The van der Waals surface area contributed by atoms with Crippen LogP contribution in [0, 0.1) is 23.7 Å². The van der Waals surface area contributed by atoms with Crippen LogP contribution >= 0.6 is 0 Å². The van der Waals surface area contributed by atoms with Crippen LogP contribution in [0.5, 0.6) is 0 Å². The highest BCUT2D eigenvalue weighted by molar-refractivity contribution is 5.71. The number of anilines is 2. The molecule has 0 unspecified atom stereocenters. The van der Waals surface area contributed by atoms with E-state index in [0.717, 1.165) is 50.6 Å². The first-order chi connectivity index (χ1) is 19.4. The Morgan fingerprint density at radius 1 is 0.450 bits per heavy atom. The molecule has 0 N–H and O–H groups in total. The van der Waals surface area contributed by atoms with Gasteiger partial charge in [-0.25, -0.2) is 9.97 Å². The summed E-state index contributed by atoms with van der Waals surface area (Å²) in [7, 11) is 8.13. The Bertz CT molecular complexity index is 1640. The van der Waals surface area contributed by atoms with E-state index in [1.165, 1.54) is 0 Å². The van der Waals surface area contributed by atoms with Gasteiger partial charge in [0, 0.05) is 67.4 Å². The first kappa shape index (κ1) is 26.3. The monoisotopic (exact) mass is 518 g/mol. The molecule has 194 valence electrons. The fraction of sp³-hybridized carbons (Fsp3) is 0.111. The SMILES string of the molecule is CN(C)c1ccc(-c2cc(-c3ccc(N(C)C)cc3)nc(C#Cc3ccc(C#Cc4ccccc4)cc3)n2)cc1. The van der Waals surface area contributed by atoms with Gasteiger partial charge in [-0.2, -0.15) is 0 Å². The fourth-order valence-electron chi connectivity index (χ4n) is 4.09. The van der Waals surface area contributed by atoms with E-state index in [-0.39, 0.29) is 0 Å². The molecule has 0 aliphatic rings. The standard InChI is InChI=1S/C36H30N4/c1-39(2)32-21-17-30(18-22-32)34-26-35(31-19-23-33(24-20-31)40(3)4)38-36(37-34)25-16-29-14-12-28(13-15-29)11-10-27-8-6-5-7-9-27/h5-9,12-15,17-24,26H,1-4H3. The number of aromatic nitrogens is 2. The lowest BCUT2D eigenvalue weighted by Crippen LogP contribution is -2.08. The first-order valence-corrected chi connectivity index (χ1v) is 13.1. The fourth-order valence-corrected chi connectivity index (χ4v) is 4.09. The number of hydrogen-bond acceptors (Lipinski definition) is 4. The van der Waals surface area contributed by atoms with Crippen LogP contribution in [0.15, 0.2) is 109 Å². The molecular weight excluding hydrogens is 488 g/mol. The molecule has 0 bridgehead atoms. The van der Waals surface area contributed by atoms with Crippen LogP contribution in [-0.4, -0.2) is 38.2 Å². The largest absolute Gasteiger partial charge is 0.378 e.